The molecule has 2 N–H and O–H groups in total. The number of hydrogen-bond acceptors (Lipinski definition) is 5. The van der Waals surface area contributed by atoms with Crippen LogP contribution in [-0.4, -0.2) is 46.6 Å². The predicted molar refractivity (Wildman–Crippen MR) is 155 cm³/mol. The van der Waals surface area contributed by atoms with Gasteiger partial charge in [0.1, 0.15) is 5.82 Å². The third kappa shape index (κ3) is 6.67. The summed E-state index contributed by atoms with van der Waals surface area (Å²) < 4.78 is 19.3. The number of aliphatic hydroxyl groups is 1. The highest BCUT2D eigenvalue weighted by Crippen LogP contribution is 2.40. The Labute approximate surface area is 238 Å². The molecule has 5 rings (SSSR count). The van der Waals surface area contributed by atoms with Crippen LogP contribution in [-0.2, 0) is 22.4 Å². The number of ether oxygens (including phenoxy) is 1. The molecule has 2 amide bonds. The van der Waals surface area contributed by atoms with E-state index in [0.29, 0.717) is 24.4 Å². The van der Waals surface area contributed by atoms with E-state index in [1.54, 1.807) is 36.9 Å². The molecule has 40 heavy (non-hydrogen) atoms. The van der Waals surface area contributed by atoms with E-state index in [2.05, 4.69) is 12.2 Å². The maximum Gasteiger partial charge on any atom is 0.415 e. The summed E-state index contributed by atoms with van der Waals surface area (Å²) in [4.78, 5) is 28.5. The molecule has 6 nitrogen and oxygen atoms in total. The first-order valence-electron chi connectivity index (χ1n) is 13.7. The van der Waals surface area contributed by atoms with Gasteiger partial charge in [0, 0.05) is 15.8 Å². The summed E-state index contributed by atoms with van der Waals surface area (Å²) >= 11 is 1.67. The van der Waals surface area contributed by atoms with Gasteiger partial charge in [-0.05, 0) is 80.0 Å². The summed E-state index contributed by atoms with van der Waals surface area (Å²) in [5, 5.41) is 15.0. The first-order valence-corrected chi connectivity index (χ1v) is 14.6. The van der Waals surface area contributed by atoms with Gasteiger partial charge in [-0.15, -0.1) is 11.8 Å². The number of amides is 2. The Morgan fingerprint density at radius 1 is 1.15 bits per heavy atom. The van der Waals surface area contributed by atoms with Crippen LogP contribution in [0.15, 0.2) is 83.8 Å². The molecule has 2 aliphatic heterocycles. The minimum absolute atomic E-state index is 0.0739. The molecule has 0 spiro atoms. The highest BCUT2D eigenvalue weighted by atomic mass is 32.2. The normalized spacial score (nSPS) is 22.9. The Balaban J connectivity index is 1.33. The molecule has 0 saturated carbocycles. The Kier molecular flexibility index (Phi) is 8.47. The van der Waals surface area contributed by atoms with E-state index >= 15 is 0 Å². The topological polar surface area (TPSA) is 78.9 Å². The van der Waals surface area contributed by atoms with Crippen molar-refractivity contribution >= 4 is 29.4 Å². The van der Waals surface area contributed by atoms with E-state index in [1.807, 2.05) is 54.6 Å². The van der Waals surface area contributed by atoms with Crippen molar-refractivity contribution in [2.24, 2.45) is 5.92 Å². The lowest BCUT2D eigenvalue weighted by Crippen LogP contribution is -2.55. The SMILES string of the molecule is C[C@H]1Cc2cc(F)ccc2SC(C[C@](C)(O)C(Cc2ccccc2)NC(=O)C2CN(c3ccccc3)C(=O)O2)C1. The van der Waals surface area contributed by atoms with Crippen LogP contribution in [0.1, 0.15) is 37.8 Å². The molecule has 210 valence electrons. The minimum atomic E-state index is -1.27. The van der Waals surface area contributed by atoms with Gasteiger partial charge in [0.05, 0.1) is 18.2 Å². The highest BCUT2D eigenvalue weighted by molar-refractivity contribution is 8.00. The zero-order valence-electron chi connectivity index (χ0n) is 22.8. The van der Waals surface area contributed by atoms with Gasteiger partial charge < -0.3 is 15.2 Å². The fraction of sp³-hybridized carbons (Fsp3) is 0.375. The molecule has 1 fully saturated rings. The summed E-state index contributed by atoms with van der Waals surface area (Å²) in [7, 11) is 0. The van der Waals surface area contributed by atoms with Crippen LogP contribution < -0.4 is 10.2 Å². The third-order valence-corrected chi connectivity index (χ3v) is 9.06. The molecule has 3 aromatic carbocycles. The fourth-order valence-corrected chi connectivity index (χ4v) is 7.29. The van der Waals surface area contributed by atoms with Crippen molar-refractivity contribution in [3.8, 4) is 0 Å². The lowest BCUT2D eigenvalue weighted by Gasteiger charge is -2.37. The van der Waals surface area contributed by atoms with Crippen LogP contribution in [0.2, 0.25) is 0 Å². The smallest absolute Gasteiger partial charge is 0.415 e. The number of hydrogen-bond donors (Lipinski definition) is 2. The van der Waals surface area contributed by atoms with Gasteiger partial charge in [0.15, 0.2) is 6.10 Å². The molecule has 0 aliphatic carbocycles. The van der Waals surface area contributed by atoms with Crippen LogP contribution in [0, 0.1) is 11.7 Å². The van der Waals surface area contributed by atoms with Crippen LogP contribution in [0.25, 0.3) is 0 Å². The number of carbonyl (C=O) groups is 2. The summed E-state index contributed by atoms with van der Waals surface area (Å²) in [6.07, 6.45) is 0.921. The van der Waals surface area contributed by atoms with Gasteiger partial charge in [-0.3, -0.25) is 9.69 Å². The summed E-state index contributed by atoms with van der Waals surface area (Å²) in [6.45, 7) is 4.01. The molecule has 0 aromatic heterocycles. The Bertz CT molecular complexity index is 1340. The molecule has 8 heteroatoms. The largest absolute Gasteiger partial charge is 0.434 e. The summed E-state index contributed by atoms with van der Waals surface area (Å²) in [6, 6.07) is 23.1. The van der Waals surface area contributed by atoms with Gasteiger partial charge >= 0.3 is 6.09 Å². The summed E-state index contributed by atoms with van der Waals surface area (Å²) in [5.74, 6) is -0.350. The molecular weight excluding hydrogens is 527 g/mol. The van der Waals surface area contributed by atoms with Gasteiger partial charge in [-0.25, -0.2) is 9.18 Å². The first-order chi connectivity index (χ1) is 19.2. The number of cyclic esters (lactones) is 1. The highest BCUT2D eigenvalue weighted by Gasteiger charge is 2.42. The number of fused-ring (bicyclic) bond motifs is 1. The third-order valence-electron chi connectivity index (χ3n) is 7.71. The van der Waals surface area contributed by atoms with Crippen LogP contribution in [0.3, 0.4) is 0 Å². The number of para-hydroxylation sites is 1. The van der Waals surface area contributed by atoms with Crippen molar-refractivity contribution in [2.75, 3.05) is 11.4 Å². The lowest BCUT2D eigenvalue weighted by molar-refractivity contribution is -0.130. The van der Waals surface area contributed by atoms with Crippen molar-refractivity contribution in [3.05, 3.63) is 95.8 Å². The second-order valence-electron chi connectivity index (χ2n) is 11.2. The molecule has 0 radical (unpaired) electrons. The molecule has 5 atom stereocenters. The maximum absolute atomic E-state index is 13.9. The van der Waals surface area contributed by atoms with E-state index < -0.39 is 29.7 Å². The number of halogens is 1. The standard InChI is InChI=1S/C32H35FN2O4S/c1-21-15-23-18-24(33)13-14-28(23)40-26(16-21)19-32(2,38)29(17-22-9-5-3-6-10-22)34-30(36)27-20-35(31(37)39-27)25-11-7-4-8-12-25/h3-14,18,21,26-27,29,38H,15-17,19-20H2,1-2H3,(H,34,36)/t21-,26?,27?,29?,32-/m0/s1. The Morgan fingerprint density at radius 3 is 2.58 bits per heavy atom. The average molecular weight is 563 g/mol. The lowest BCUT2D eigenvalue weighted by atomic mass is 9.84. The zero-order valence-corrected chi connectivity index (χ0v) is 23.6. The number of nitrogens with zero attached hydrogens (tertiary/aromatic N) is 1. The molecule has 0 bridgehead atoms. The van der Waals surface area contributed by atoms with E-state index in [1.165, 1.54) is 11.0 Å². The molecule has 1 saturated heterocycles. The van der Waals surface area contributed by atoms with Gasteiger partial charge in [0.2, 0.25) is 0 Å². The second-order valence-corrected chi connectivity index (χ2v) is 12.5. The van der Waals surface area contributed by atoms with Crippen LogP contribution in [0.5, 0.6) is 0 Å². The van der Waals surface area contributed by atoms with Crippen molar-refractivity contribution in [2.45, 2.75) is 67.4 Å². The quantitative estimate of drug-likeness (QED) is 0.365. The average Bonchev–Trinajstić information content (AvgIpc) is 3.24. The number of benzene rings is 3. The van der Waals surface area contributed by atoms with Crippen LogP contribution >= 0.6 is 11.8 Å². The first kappa shape index (κ1) is 28.2. The maximum atomic E-state index is 13.9. The monoisotopic (exact) mass is 562 g/mol. The molecule has 2 heterocycles. The van der Waals surface area contributed by atoms with E-state index in [4.69, 9.17) is 4.74 Å². The molecule has 3 aromatic rings. The van der Waals surface area contributed by atoms with Crippen molar-refractivity contribution < 1.29 is 23.8 Å². The number of anilines is 1. The van der Waals surface area contributed by atoms with Gasteiger partial charge in [-0.1, -0.05) is 55.5 Å². The minimum Gasteiger partial charge on any atom is -0.434 e. The second kappa shape index (κ2) is 12.0. The van der Waals surface area contributed by atoms with Gasteiger partial charge in [0.25, 0.3) is 5.91 Å². The molecular formula is C32H35FN2O4S. The molecule has 2 aliphatic rings. The number of carbonyl (C=O) groups excluding carboxylic acids is 2. The van der Waals surface area contributed by atoms with E-state index in [-0.39, 0.29) is 17.6 Å². The number of nitrogens with one attached hydrogen (secondary N) is 1. The van der Waals surface area contributed by atoms with Crippen LogP contribution in [0.4, 0.5) is 14.9 Å². The Hall–Kier alpha value is -3.36. The fourth-order valence-electron chi connectivity index (χ4n) is 5.64. The van der Waals surface area contributed by atoms with Crippen molar-refractivity contribution in [3.63, 3.8) is 0 Å². The van der Waals surface area contributed by atoms with Gasteiger partial charge in [-0.2, -0.15) is 0 Å². The van der Waals surface area contributed by atoms with E-state index in [9.17, 15) is 19.1 Å². The zero-order chi connectivity index (χ0) is 28.3. The van der Waals surface area contributed by atoms with E-state index in [0.717, 1.165) is 28.9 Å². The van der Waals surface area contributed by atoms with Crippen molar-refractivity contribution in [1.29, 1.82) is 0 Å². The number of rotatable bonds is 8. The van der Waals surface area contributed by atoms with Crippen molar-refractivity contribution in [1.82, 2.24) is 5.32 Å². The molecule has 3 unspecified atom stereocenters. The Morgan fingerprint density at radius 2 is 1.85 bits per heavy atom. The predicted octanol–water partition coefficient (Wildman–Crippen LogP) is 5.76. The number of thioether (sulfide) groups is 1. The summed E-state index contributed by atoms with van der Waals surface area (Å²) in [5.41, 5.74) is 1.37.